The Morgan fingerprint density at radius 3 is 2.86 bits per heavy atom. The van der Waals surface area contributed by atoms with Gasteiger partial charge in [0.15, 0.2) is 0 Å². The molecule has 2 heterocycles. The third-order valence-corrected chi connectivity index (χ3v) is 4.88. The molecular formula is C15H18N2O4S. The molecule has 2 aromatic rings. The largest absolute Gasteiger partial charge is 0.444 e. The summed E-state index contributed by atoms with van der Waals surface area (Å²) in [5.74, 6) is 0.347. The summed E-state index contributed by atoms with van der Waals surface area (Å²) in [6.07, 6.45) is 5.53. The zero-order chi connectivity index (χ0) is 15.4. The molecule has 1 aromatic heterocycles. The van der Waals surface area contributed by atoms with E-state index in [-0.39, 0.29) is 11.9 Å². The van der Waals surface area contributed by atoms with Crippen LogP contribution in [0.2, 0.25) is 0 Å². The highest BCUT2D eigenvalue weighted by atomic mass is 32.2. The first-order valence-corrected chi connectivity index (χ1v) is 8.90. The van der Waals surface area contributed by atoms with Gasteiger partial charge in [-0.25, -0.2) is 13.4 Å². The third kappa shape index (κ3) is 3.66. The Morgan fingerprint density at radius 1 is 1.27 bits per heavy atom. The highest BCUT2D eigenvalue weighted by Crippen LogP contribution is 2.27. The number of hydrogen-bond donors (Lipinski definition) is 1. The number of nitrogens with zero attached hydrogens (tertiary/aromatic N) is 1. The van der Waals surface area contributed by atoms with Gasteiger partial charge in [-0.3, -0.25) is 4.72 Å². The predicted molar refractivity (Wildman–Crippen MR) is 82.9 cm³/mol. The molecule has 118 valence electrons. The molecule has 1 atom stereocenters. The highest BCUT2D eigenvalue weighted by molar-refractivity contribution is 7.92. The predicted octanol–water partition coefficient (Wildman–Crippen LogP) is 2.65. The van der Waals surface area contributed by atoms with Crippen LogP contribution in [0.15, 0.2) is 41.1 Å². The molecule has 22 heavy (non-hydrogen) atoms. The zero-order valence-corrected chi connectivity index (χ0v) is 12.9. The van der Waals surface area contributed by atoms with E-state index in [4.69, 9.17) is 9.15 Å². The Labute approximate surface area is 129 Å². The van der Waals surface area contributed by atoms with E-state index in [1.807, 2.05) is 6.07 Å². The fourth-order valence-corrected chi connectivity index (χ4v) is 3.86. The van der Waals surface area contributed by atoms with E-state index in [0.29, 0.717) is 23.7 Å². The van der Waals surface area contributed by atoms with Crippen LogP contribution in [0.25, 0.3) is 11.5 Å². The molecule has 1 N–H and O–H groups in total. The first kappa shape index (κ1) is 15.1. The lowest BCUT2D eigenvalue weighted by Crippen LogP contribution is -2.31. The van der Waals surface area contributed by atoms with Gasteiger partial charge in [-0.15, -0.1) is 0 Å². The van der Waals surface area contributed by atoms with Gasteiger partial charge in [0.1, 0.15) is 6.26 Å². The summed E-state index contributed by atoms with van der Waals surface area (Å²) in [6.45, 7) is 0.632. The number of sulfonamides is 1. The van der Waals surface area contributed by atoms with Crippen molar-refractivity contribution in [3.63, 3.8) is 0 Å². The lowest BCUT2D eigenvalue weighted by atomic mass is 10.1. The maximum Gasteiger partial charge on any atom is 0.235 e. The molecule has 0 aliphatic carbocycles. The third-order valence-electron chi connectivity index (χ3n) is 3.53. The minimum absolute atomic E-state index is 0.0348. The van der Waals surface area contributed by atoms with Crippen molar-refractivity contribution in [2.75, 3.05) is 17.1 Å². The number of rotatable bonds is 5. The second kappa shape index (κ2) is 6.50. The number of ether oxygens (including phenoxy) is 1. The van der Waals surface area contributed by atoms with Crippen LogP contribution in [0.5, 0.6) is 0 Å². The van der Waals surface area contributed by atoms with Crippen LogP contribution in [0.4, 0.5) is 5.69 Å². The number of oxazole rings is 1. The minimum Gasteiger partial charge on any atom is -0.444 e. The highest BCUT2D eigenvalue weighted by Gasteiger charge is 2.23. The van der Waals surface area contributed by atoms with Crippen molar-refractivity contribution < 1.29 is 17.6 Å². The van der Waals surface area contributed by atoms with E-state index >= 15 is 0 Å². The van der Waals surface area contributed by atoms with Crippen molar-refractivity contribution in [1.82, 2.24) is 4.98 Å². The van der Waals surface area contributed by atoms with E-state index in [2.05, 4.69) is 9.71 Å². The standard InChI is InChI=1S/C15H18N2O4S/c18-22(19,11-12-5-3-4-9-20-12)17-14-7-2-1-6-13(14)15-16-8-10-21-15/h1-2,6-8,10,12,17H,3-5,9,11H2/t12-/m0/s1. The molecule has 0 amide bonds. The Hall–Kier alpha value is -1.86. The number of benzene rings is 1. The topological polar surface area (TPSA) is 81.4 Å². The molecule has 1 aliphatic rings. The van der Waals surface area contributed by atoms with E-state index in [1.165, 1.54) is 12.5 Å². The number of para-hydroxylation sites is 1. The molecule has 6 nitrogen and oxygen atoms in total. The van der Waals surface area contributed by atoms with E-state index < -0.39 is 10.0 Å². The average molecular weight is 322 g/mol. The Bertz CT molecular complexity index is 707. The number of hydrogen-bond acceptors (Lipinski definition) is 5. The molecule has 1 aromatic carbocycles. The second-order valence-electron chi connectivity index (χ2n) is 5.25. The Balaban J connectivity index is 1.77. The van der Waals surface area contributed by atoms with Crippen molar-refractivity contribution in [2.24, 2.45) is 0 Å². The quantitative estimate of drug-likeness (QED) is 0.915. The summed E-state index contributed by atoms with van der Waals surface area (Å²) < 4.78 is 38.1. The first-order valence-electron chi connectivity index (χ1n) is 7.25. The van der Waals surface area contributed by atoms with Gasteiger partial charge in [-0.2, -0.15) is 0 Å². The summed E-state index contributed by atoms with van der Waals surface area (Å²) >= 11 is 0. The molecule has 7 heteroatoms. The Morgan fingerprint density at radius 2 is 2.14 bits per heavy atom. The molecular weight excluding hydrogens is 304 g/mol. The van der Waals surface area contributed by atoms with Crippen molar-refractivity contribution in [1.29, 1.82) is 0 Å². The summed E-state index contributed by atoms with van der Waals surface area (Å²) in [4.78, 5) is 4.07. The van der Waals surface area contributed by atoms with Crippen LogP contribution >= 0.6 is 0 Å². The summed E-state index contributed by atoms with van der Waals surface area (Å²) in [5, 5.41) is 0. The average Bonchev–Trinajstić information content (AvgIpc) is 3.02. The normalized spacial score (nSPS) is 19.0. The molecule has 1 aliphatic heterocycles. The molecule has 0 radical (unpaired) electrons. The van der Waals surface area contributed by atoms with Crippen molar-refractivity contribution in [2.45, 2.75) is 25.4 Å². The summed E-state index contributed by atoms with van der Waals surface area (Å²) in [6, 6.07) is 7.03. The molecule has 1 fully saturated rings. The maximum absolute atomic E-state index is 12.3. The van der Waals surface area contributed by atoms with Crippen LogP contribution in [-0.4, -0.2) is 31.9 Å². The van der Waals surface area contributed by atoms with Crippen LogP contribution in [-0.2, 0) is 14.8 Å². The summed E-state index contributed by atoms with van der Waals surface area (Å²) in [7, 11) is -3.49. The molecule has 0 spiro atoms. The van der Waals surface area contributed by atoms with Gasteiger partial charge >= 0.3 is 0 Å². The summed E-state index contributed by atoms with van der Waals surface area (Å²) in [5.41, 5.74) is 1.07. The number of nitrogens with one attached hydrogen (secondary N) is 1. The molecule has 1 saturated heterocycles. The number of anilines is 1. The van der Waals surface area contributed by atoms with Gasteiger partial charge in [-0.1, -0.05) is 12.1 Å². The van der Waals surface area contributed by atoms with E-state index in [1.54, 1.807) is 18.2 Å². The van der Waals surface area contributed by atoms with Crippen molar-refractivity contribution in [3.05, 3.63) is 36.7 Å². The Kier molecular flexibility index (Phi) is 4.44. The SMILES string of the molecule is O=S(=O)(C[C@@H]1CCCCO1)Nc1ccccc1-c1ncco1. The van der Waals surface area contributed by atoms with Crippen LogP contribution < -0.4 is 4.72 Å². The lowest BCUT2D eigenvalue weighted by molar-refractivity contribution is 0.0306. The van der Waals surface area contributed by atoms with Gasteiger partial charge < -0.3 is 9.15 Å². The minimum atomic E-state index is -3.49. The van der Waals surface area contributed by atoms with Crippen molar-refractivity contribution in [3.8, 4) is 11.5 Å². The van der Waals surface area contributed by atoms with Gasteiger partial charge in [0.25, 0.3) is 0 Å². The molecule has 0 bridgehead atoms. The van der Waals surface area contributed by atoms with Crippen molar-refractivity contribution >= 4 is 15.7 Å². The molecule has 0 saturated carbocycles. The van der Waals surface area contributed by atoms with Gasteiger partial charge in [0, 0.05) is 6.61 Å². The molecule has 3 rings (SSSR count). The first-order chi connectivity index (χ1) is 10.6. The molecule has 0 unspecified atom stereocenters. The number of aromatic nitrogens is 1. The fraction of sp³-hybridized carbons (Fsp3) is 0.400. The van der Waals surface area contributed by atoms with Gasteiger partial charge in [0.2, 0.25) is 15.9 Å². The maximum atomic E-state index is 12.3. The van der Waals surface area contributed by atoms with Crippen LogP contribution in [0.1, 0.15) is 19.3 Å². The zero-order valence-electron chi connectivity index (χ0n) is 12.1. The van der Waals surface area contributed by atoms with Gasteiger partial charge in [-0.05, 0) is 31.4 Å². The van der Waals surface area contributed by atoms with Gasteiger partial charge in [0.05, 0.1) is 29.3 Å². The smallest absolute Gasteiger partial charge is 0.235 e. The van der Waals surface area contributed by atoms with E-state index in [0.717, 1.165) is 19.3 Å². The van der Waals surface area contributed by atoms with Crippen LogP contribution in [0, 0.1) is 0 Å². The lowest BCUT2D eigenvalue weighted by Gasteiger charge is -2.22. The second-order valence-corrected chi connectivity index (χ2v) is 7.02. The fourth-order valence-electron chi connectivity index (χ4n) is 2.51. The monoisotopic (exact) mass is 322 g/mol. The van der Waals surface area contributed by atoms with E-state index in [9.17, 15) is 8.42 Å². The van der Waals surface area contributed by atoms with Crippen LogP contribution in [0.3, 0.4) is 0 Å².